The molecule has 0 aliphatic carbocycles. The van der Waals surface area contributed by atoms with Gasteiger partial charge in [-0.05, 0) is 19.8 Å². The van der Waals surface area contributed by atoms with E-state index in [1.807, 2.05) is 13.8 Å². The van der Waals surface area contributed by atoms with E-state index >= 15 is 0 Å². The van der Waals surface area contributed by atoms with Crippen LogP contribution in [0.2, 0.25) is 0 Å². The topological polar surface area (TPSA) is 84.5 Å². The molecular formula is C9H20N2O4S. The summed E-state index contributed by atoms with van der Waals surface area (Å²) in [6.07, 6.45) is 0. The zero-order valence-corrected chi connectivity index (χ0v) is 10.9. The predicted octanol–water partition coefficient (Wildman–Crippen LogP) is 0.0180. The number of nitrogens with one attached hydrogen (secondary N) is 2. The minimum Gasteiger partial charge on any atom is -0.465 e. The fourth-order valence-electron chi connectivity index (χ4n) is 0.866. The lowest BCUT2D eigenvalue weighted by atomic mass is 10.2. The molecule has 16 heavy (non-hydrogen) atoms. The second-order valence-electron chi connectivity index (χ2n) is 3.84. The summed E-state index contributed by atoms with van der Waals surface area (Å²) in [6.45, 7) is 7.42. The maximum absolute atomic E-state index is 11.4. The van der Waals surface area contributed by atoms with E-state index in [1.165, 1.54) is 6.92 Å². The summed E-state index contributed by atoms with van der Waals surface area (Å²) in [5.74, 6) is -0.383. The SMILES string of the molecule is CCOC(=O)C(C)NS(=O)(=O)NCC(C)C. The number of carbonyl (C=O) groups is 1. The highest BCUT2D eigenvalue weighted by Crippen LogP contribution is 1.93. The van der Waals surface area contributed by atoms with Gasteiger partial charge in [-0.15, -0.1) is 0 Å². The first-order chi connectivity index (χ1) is 7.28. The first kappa shape index (κ1) is 15.3. The van der Waals surface area contributed by atoms with Gasteiger partial charge in [-0.3, -0.25) is 4.79 Å². The van der Waals surface area contributed by atoms with Crippen molar-refractivity contribution < 1.29 is 17.9 Å². The van der Waals surface area contributed by atoms with Crippen LogP contribution in [0.5, 0.6) is 0 Å². The Morgan fingerprint density at radius 1 is 1.31 bits per heavy atom. The van der Waals surface area contributed by atoms with Gasteiger partial charge in [0.05, 0.1) is 6.61 Å². The Balaban J connectivity index is 4.20. The summed E-state index contributed by atoms with van der Waals surface area (Å²) in [4.78, 5) is 11.2. The quantitative estimate of drug-likeness (QED) is 0.625. The lowest BCUT2D eigenvalue weighted by Crippen LogP contribution is -2.46. The van der Waals surface area contributed by atoms with Crippen molar-refractivity contribution in [2.45, 2.75) is 33.7 Å². The van der Waals surface area contributed by atoms with E-state index in [4.69, 9.17) is 0 Å². The zero-order chi connectivity index (χ0) is 12.8. The van der Waals surface area contributed by atoms with E-state index in [-0.39, 0.29) is 12.5 Å². The summed E-state index contributed by atoms with van der Waals surface area (Å²) in [5, 5.41) is 0. The van der Waals surface area contributed by atoms with Crippen molar-refractivity contribution in [3.8, 4) is 0 Å². The summed E-state index contributed by atoms with van der Waals surface area (Å²) >= 11 is 0. The van der Waals surface area contributed by atoms with Gasteiger partial charge >= 0.3 is 5.97 Å². The van der Waals surface area contributed by atoms with Crippen LogP contribution in [0.25, 0.3) is 0 Å². The molecule has 0 bridgehead atoms. The Morgan fingerprint density at radius 3 is 2.31 bits per heavy atom. The van der Waals surface area contributed by atoms with Crippen molar-refractivity contribution in [1.82, 2.24) is 9.44 Å². The Hall–Kier alpha value is -0.660. The van der Waals surface area contributed by atoms with Crippen LogP contribution < -0.4 is 9.44 Å². The largest absolute Gasteiger partial charge is 0.465 e. The normalized spacial score (nSPS) is 13.8. The summed E-state index contributed by atoms with van der Waals surface area (Å²) in [7, 11) is -3.64. The standard InChI is InChI=1S/C9H20N2O4S/c1-5-15-9(12)8(4)11-16(13,14)10-6-7(2)3/h7-8,10-11H,5-6H2,1-4H3. The maximum atomic E-state index is 11.4. The van der Waals surface area contributed by atoms with E-state index in [0.717, 1.165) is 0 Å². The molecule has 0 spiro atoms. The van der Waals surface area contributed by atoms with Gasteiger partial charge in [-0.1, -0.05) is 13.8 Å². The van der Waals surface area contributed by atoms with E-state index in [1.54, 1.807) is 6.92 Å². The van der Waals surface area contributed by atoms with Crippen molar-refractivity contribution in [2.24, 2.45) is 5.92 Å². The number of rotatable bonds is 7. The van der Waals surface area contributed by atoms with E-state index in [0.29, 0.717) is 6.54 Å². The predicted molar refractivity (Wildman–Crippen MR) is 61.0 cm³/mol. The van der Waals surface area contributed by atoms with Crippen LogP contribution in [0.1, 0.15) is 27.7 Å². The molecule has 0 radical (unpaired) electrons. The van der Waals surface area contributed by atoms with Crippen molar-refractivity contribution >= 4 is 16.2 Å². The minimum atomic E-state index is -3.64. The molecule has 96 valence electrons. The molecule has 0 aliphatic rings. The molecule has 1 atom stereocenters. The molecule has 0 amide bonds. The van der Waals surface area contributed by atoms with E-state index in [2.05, 4.69) is 14.2 Å². The molecule has 0 saturated carbocycles. The van der Waals surface area contributed by atoms with Gasteiger partial charge < -0.3 is 4.74 Å². The number of esters is 1. The van der Waals surface area contributed by atoms with Gasteiger partial charge in [0.1, 0.15) is 6.04 Å². The van der Waals surface area contributed by atoms with Crippen LogP contribution in [0, 0.1) is 5.92 Å². The van der Waals surface area contributed by atoms with Gasteiger partial charge in [0.25, 0.3) is 10.2 Å². The van der Waals surface area contributed by atoms with E-state index in [9.17, 15) is 13.2 Å². The third-order valence-electron chi connectivity index (χ3n) is 1.65. The smallest absolute Gasteiger partial charge is 0.323 e. The molecule has 0 rings (SSSR count). The summed E-state index contributed by atoms with van der Waals surface area (Å²) in [5.41, 5.74) is 0. The molecule has 2 N–H and O–H groups in total. The molecule has 0 heterocycles. The highest BCUT2D eigenvalue weighted by molar-refractivity contribution is 7.87. The molecule has 0 saturated heterocycles. The van der Waals surface area contributed by atoms with Gasteiger partial charge in [-0.25, -0.2) is 4.72 Å². The molecule has 0 aromatic rings. The highest BCUT2D eigenvalue weighted by atomic mass is 32.2. The molecular weight excluding hydrogens is 232 g/mol. The lowest BCUT2D eigenvalue weighted by Gasteiger charge is -2.14. The fraction of sp³-hybridized carbons (Fsp3) is 0.889. The lowest BCUT2D eigenvalue weighted by molar-refractivity contribution is -0.144. The van der Waals surface area contributed by atoms with Crippen LogP contribution >= 0.6 is 0 Å². The van der Waals surface area contributed by atoms with Crippen LogP contribution in [0.3, 0.4) is 0 Å². The molecule has 0 aromatic carbocycles. The summed E-state index contributed by atoms with van der Waals surface area (Å²) in [6, 6.07) is -0.885. The monoisotopic (exact) mass is 252 g/mol. The number of carbonyl (C=O) groups excluding carboxylic acids is 1. The molecule has 7 heteroatoms. The zero-order valence-electron chi connectivity index (χ0n) is 10.1. The van der Waals surface area contributed by atoms with Crippen molar-refractivity contribution in [2.75, 3.05) is 13.2 Å². The second-order valence-corrected chi connectivity index (χ2v) is 5.37. The number of hydrogen-bond donors (Lipinski definition) is 2. The van der Waals surface area contributed by atoms with Gasteiger partial charge in [0.2, 0.25) is 0 Å². The molecule has 0 fully saturated rings. The van der Waals surface area contributed by atoms with Gasteiger partial charge in [0.15, 0.2) is 0 Å². The third-order valence-corrected chi connectivity index (χ3v) is 2.86. The Kier molecular flexibility index (Phi) is 6.54. The first-order valence-corrected chi connectivity index (χ1v) is 6.70. The Morgan fingerprint density at radius 2 is 1.88 bits per heavy atom. The maximum Gasteiger partial charge on any atom is 0.323 e. The first-order valence-electron chi connectivity index (χ1n) is 5.22. The van der Waals surface area contributed by atoms with Crippen molar-refractivity contribution in [3.63, 3.8) is 0 Å². The van der Waals surface area contributed by atoms with Crippen molar-refractivity contribution in [1.29, 1.82) is 0 Å². The van der Waals surface area contributed by atoms with Crippen LogP contribution in [-0.2, 0) is 19.7 Å². The van der Waals surface area contributed by atoms with Gasteiger partial charge in [-0.2, -0.15) is 13.1 Å². The molecule has 1 unspecified atom stereocenters. The number of ether oxygens (including phenoxy) is 1. The van der Waals surface area contributed by atoms with Crippen LogP contribution in [-0.4, -0.2) is 33.6 Å². The van der Waals surface area contributed by atoms with Crippen molar-refractivity contribution in [3.05, 3.63) is 0 Å². The van der Waals surface area contributed by atoms with Crippen LogP contribution in [0.4, 0.5) is 0 Å². The highest BCUT2D eigenvalue weighted by Gasteiger charge is 2.20. The van der Waals surface area contributed by atoms with E-state index < -0.39 is 22.2 Å². The summed E-state index contributed by atoms with van der Waals surface area (Å²) < 4.78 is 32.1. The minimum absolute atomic E-state index is 0.203. The number of hydrogen-bond acceptors (Lipinski definition) is 4. The molecule has 6 nitrogen and oxygen atoms in total. The van der Waals surface area contributed by atoms with Gasteiger partial charge in [0, 0.05) is 6.54 Å². The molecule has 0 aliphatic heterocycles. The third kappa shape index (κ3) is 6.76. The Bertz CT molecular complexity index is 313. The Labute approximate surface area is 96.9 Å². The second kappa shape index (κ2) is 6.82. The average molecular weight is 252 g/mol. The molecule has 0 aromatic heterocycles. The fourth-order valence-corrected chi connectivity index (χ4v) is 2.06. The average Bonchev–Trinajstić information content (AvgIpc) is 2.14. The van der Waals surface area contributed by atoms with Crippen LogP contribution in [0.15, 0.2) is 0 Å².